The molecule has 0 unspecified atom stereocenters. The van der Waals surface area contributed by atoms with Crippen LogP contribution in [0.2, 0.25) is 0 Å². The van der Waals surface area contributed by atoms with Crippen molar-refractivity contribution in [2.45, 2.75) is 75.9 Å². The summed E-state index contributed by atoms with van der Waals surface area (Å²) in [7, 11) is 0. The van der Waals surface area contributed by atoms with Gasteiger partial charge in [-0.3, -0.25) is 4.79 Å². The zero-order valence-electron chi connectivity index (χ0n) is 13.6. The second kappa shape index (κ2) is 9.50. The number of carboxylic acid groups (broad SMARTS) is 1. The molecule has 124 valence electrons. The highest BCUT2D eigenvalue weighted by atomic mass is 32.2. The standard InChI is InChI=1S/C19H30O2S/c1-2-3-8-13-22-19-16-12-11-15(14-16)17(19)9-6-4-5-7-10-18(20)21/h1,15-17,19H,3-14H2,(H,20,21)/t15-,16+,17-,19+/m1/s1. The van der Waals surface area contributed by atoms with Crippen LogP contribution in [-0.4, -0.2) is 22.1 Å². The summed E-state index contributed by atoms with van der Waals surface area (Å²) in [5, 5.41) is 9.54. The second-order valence-electron chi connectivity index (χ2n) is 6.99. The van der Waals surface area contributed by atoms with Crippen LogP contribution in [0.3, 0.4) is 0 Å². The lowest BCUT2D eigenvalue weighted by Crippen LogP contribution is -2.25. The molecule has 2 rings (SSSR count). The highest BCUT2D eigenvalue weighted by molar-refractivity contribution is 7.99. The van der Waals surface area contributed by atoms with Crippen LogP contribution in [0.5, 0.6) is 0 Å². The number of hydrogen-bond acceptors (Lipinski definition) is 2. The number of aliphatic carboxylic acids is 1. The molecule has 0 radical (unpaired) electrons. The van der Waals surface area contributed by atoms with Crippen LogP contribution in [0.1, 0.15) is 70.6 Å². The lowest BCUT2D eigenvalue weighted by Gasteiger charge is -2.31. The highest BCUT2D eigenvalue weighted by Gasteiger charge is 2.46. The Morgan fingerprint density at radius 1 is 1.14 bits per heavy atom. The maximum atomic E-state index is 10.5. The minimum Gasteiger partial charge on any atom is -0.481 e. The molecule has 2 aliphatic carbocycles. The number of unbranched alkanes of at least 4 members (excludes halogenated alkanes) is 4. The Morgan fingerprint density at radius 3 is 2.68 bits per heavy atom. The third kappa shape index (κ3) is 5.23. The fourth-order valence-electron chi connectivity index (χ4n) is 4.42. The predicted molar refractivity (Wildman–Crippen MR) is 94.0 cm³/mol. The number of terminal acetylenes is 1. The van der Waals surface area contributed by atoms with Gasteiger partial charge in [0.05, 0.1) is 0 Å². The Morgan fingerprint density at radius 2 is 1.91 bits per heavy atom. The first-order valence-corrected chi connectivity index (χ1v) is 10.0. The van der Waals surface area contributed by atoms with Gasteiger partial charge in [0.1, 0.15) is 0 Å². The van der Waals surface area contributed by atoms with Crippen LogP contribution in [0.4, 0.5) is 0 Å². The molecule has 2 aliphatic rings. The van der Waals surface area contributed by atoms with Crippen molar-refractivity contribution in [2.75, 3.05) is 5.75 Å². The van der Waals surface area contributed by atoms with Gasteiger partial charge in [-0.15, -0.1) is 12.3 Å². The van der Waals surface area contributed by atoms with E-state index in [1.807, 2.05) is 0 Å². The van der Waals surface area contributed by atoms with Gasteiger partial charge in [0, 0.05) is 18.1 Å². The van der Waals surface area contributed by atoms with E-state index in [0.29, 0.717) is 6.42 Å². The van der Waals surface area contributed by atoms with Crippen molar-refractivity contribution in [1.82, 2.24) is 0 Å². The van der Waals surface area contributed by atoms with Gasteiger partial charge in [0.25, 0.3) is 0 Å². The Kier molecular flexibility index (Phi) is 7.66. The predicted octanol–water partition coefficient (Wildman–Crippen LogP) is 4.97. The molecule has 2 bridgehead atoms. The molecule has 4 atom stereocenters. The average molecular weight is 323 g/mol. The van der Waals surface area contributed by atoms with Crippen molar-refractivity contribution in [3.63, 3.8) is 0 Å². The summed E-state index contributed by atoms with van der Waals surface area (Å²) in [4.78, 5) is 10.5. The second-order valence-corrected chi connectivity index (χ2v) is 8.27. The van der Waals surface area contributed by atoms with Crippen molar-refractivity contribution < 1.29 is 9.90 Å². The molecule has 3 heteroatoms. The fourth-order valence-corrected chi connectivity index (χ4v) is 6.13. The van der Waals surface area contributed by atoms with E-state index >= 15 is 0 Å². The molecule has 0 saturated heterocycles. The lowest BCUT2D eigenvalue weighted by molar-refractivity contribution is -0.137. The van der Waals surface area contributed by atoms with Crippen molar-refractivity contribution in [1.29, 1.82) is 0 Å². The Labute approximate surface area is 139 Å². The number of fused-ring (bicyclic) bond motifs is 2. The number of rotatable bonds is 11. The minimum atomic E-state index is -0.656. The molecule has 1 N–H and O–H groups in total. The van der Waals surface area contributed by atoms with Gasteiger partial charge in [-0.2, -0.15) is 11.8 Å². The van der Waals surface area contributed by atoms with Crippen LogP contribution in [-0.2, 0) is 4.79 Å². The van der Waals surface area contributed by atoms with E-state index in [1.165, 1.54) is 44.3 Å². The van der Waals surface area contributed by atoms with E-state index in [4.69, 9.17) is 11.5 Å². The molecule has 2 saturated carbocycles. The number of hydrogen-bond donors (Lipinski definition) is 1. The molecule has 0 aromatic carbocycles. The quantitative estimate of drug-likeness (QED) is 0.431. The molecule has 22 heavy (non-hydrogen) atoms. The summed E-state index contributed by atoms with van der Waals surface area (Å²) in [6.45, 7) is 0. The molecule has 0 amide bonds. The fraction of sp³-hybridized carbons (Fsp3) is 0.842. The van der Waals surface area contributed by atoms with E-state index in [9.17, 15) is 4.79 Å². The summed E-state index contributed by atoms with van der Waals surface area (Å²) < 4.78 is 0. The average Bonchev–Trinajstić information content (AvgIpc) is 3.08. The molecule has 0 aromatic rings. The lowest BCUT2D eigenvalue weighted by atomic mass is 9.84. The zero-order valence-corrected chi connectivity index (χ0v) is 14.5. The third-order valence-electron chi connectivity index (χ3n) is 5.46. The Bertz CT molecular complexity index is 387. The summed E-state index contributed by atoms with van der Waals surface area (Å²) in [6.07, 6.45) is 17.9. The van der Waals surface area contributed by atoms with Gasteiger partial charge in [-0.1, -0.05) is 19.3 Å². The molecule has 0 spiro atoms. The maximum Gasteiger partial charge on any atom is 0.303 e. The summed E-state index contributed by atoms with van der Waals surface area (Å²) in [6, 6.07) is 0. The molecular weight excluding hydrogens is 292 g/mol. The monoisotopic (exact) mass is 322 g/mol. The normalized spacial score (nSPS) is 29.6. The first-order valence-electron chi connectivity index (χ1n) is 8.99. The maximum absolute atomic E-state index is 10.5. The van der Waals surface area contributed by atoms with E-state index in [0.717, 1.165) is 48.7 Å². The molecule has 0 heterocycles. The molecular formula is C19H30O2S. The molecule has 2 nitrogen and oxygen atoms in total. The van der Waals surface area contributed by atoms with Crippen molar-refractivity contribution in [3.8, 4) is 12.3 Å². The van der Waals surface area contributed by atoms with Gasteiger partial charge >= 0.3 is 5.97 Å². The van der Waals surface area contributed by atoms with Crippen molar-refractivity contribution in [3.05, 3.63) is 0 Å². The number of carboxylic acids is 1. The topological polar surface area (TPSA) is 37.3 Å². The zero-order chi connectivity index (χ0) is 15.8. The van der Waals surface area contributed by atoms with Gasteiger partial charge in [0.15, 0.2) is 0 Å². The molecule has 0 aromatic heterocycles. The number of thioether (sulfide) groups is 1. The van der Waals surface area contributed by atoms with Crippen LogP contribution in [0.25, 0.3) is 0 Å². The van der Waals surface area contributed by atoms with E-state index in [-0.39, 0.29) is 0 Å². The van der Waals surface area contributed by atoms with E-state index in [2.05, 4.69) is 17.7 Å². The summed E-state index contributed by atoms with van der Waals surface area (Å²) >= 11 is 2.19. The van der Waals surface area contributed by atoms with Crippen LogP contribution in [0.15, 0.2) is 0 Å². The Hall–Kier alpha value is -0.620. The van der Waals surface area contributed by atoms with Gasteiger partial charge < -0.3 is 5.11 Å². The summed E-state index contributed by atoms with van der Waals surface area (Å²) in [5.41, 5.74) is 0. The smallest absolute Gasteiger partial charge is 0.303 e. The van der Waals surface area contributed by atoms with Crippen LogP contribution >= 0.6 is 11.8 Å². The van der Waals surface area contributed by atoms with E-state index in [1.54, 1.807) is 0 Å². The largest absolute Gasteiger partial charge is 0.481 e. The Balaban J connectivity index is 1.64. The van der Waals surface area contributed by atoms with Gasteiger partial charge in [-0.05, 0) is 62.0 Å². The third-order valence-corrected chi connectivity index (χ3v) is 7.10. The first-order chi connectivity index (χ1) is 10.7. The van der Waals surface area contributed by atoms with Gasteiger partial charge in [-0.25, -0.2) is 0 Å². The minimum absolute atomic E-state index is 0.335. The van der Waals surface area contributed by atoms with E-state index < -0.39 is 5.97 Å². The van der Waals surface area contributed by atoms with Gasteiger partial charge in [0.2, 0.25) is 0 Å². The van der Waals surface area contributed by atoms with Crippen molar-refractivity contribution >= 4 is 17.7 Å². The van der Waals surface area contributed by atoms with Crippen LogP contribution in [0, 0.1) is 30.1 Å². The molecule has 0 aliphatic heterocycles. The highest BCUT2D eigenvalue weighted by Crippen LogP contribution is 2.54. The number of carbonyl (C=O) groups is 1. The first kappa shape index (κ1) is 17.7. The van der Waals surface area contributed by atoms with Crippen LogP contribution < -0.4 is 0 Å². The summed E-state index contributed by atoms with van der Waals surface area (Å²) in [5.74, 6) is 6.19. The van der Waals surface area contributed by atoms with Crippen molar-refractivity contribution in [2.24, 2.45) is 17.8 Å². The molecule has 2 fully saturated rings. The SMILES string of the molecule is C#CCCCS[C@H]1[C@H]2CC[C@H](C2)[C@H]1CCCCCCC(=O)O.